The zero-order valence-electron chi connectivity index (χ0n) is 8.01. The summed E-state index contributed by atoms with van der Waals surface area (Å²) in [6.45, 7) is 1.75. The molecular weight excluding hydrogens is 179 g/mol. The van der Waals surface area contributed by atoms with E-state index in [1.165, 1.54) is 12.1 Å². The van der Waals surface area contributed by atoms with E-state index in [0.717, 1.165) is 5.56 Å². The molecule has 1 nitrogen and oxygen atoms in total. The van der Waals surface area contributed by atoms with Crippen molar-refractivity contribution in [2.45, 2.75) is 19.8 Å². The molecule has 0 bridgehead atoms. The molecule has 0 saturated heterocycles. The van der Waals surface area contributed by atoms with Crippen LogP contribution in [0.25, 0.3) is 0 Å². The molecule has 0 amide bonds. The summed E-state index contributed by atoms with van der Waals surface area (Å²) in [7, 11) is 0. The fourth-order valence-corrected chi connectivity index (χ4v) is 1.23. The SMILES string of the molecule is C#CCCC(=O)c1cc(C)cc(F)c1. The molecule has 14 heavy (non-hydrogen) atoms. The number of terminal acetylenes is 1. The highest BCUT2D eigenvalue weighted by Crippen LogP contribution is 2.11. The van der Waals surface area contributed by atoms with Crippen molar-refractivity contribution in [1.82, 2.24) is 0 Å². The van der Waals surface area contributed by atoms with E-state index in [9.17, 15) is 9.18 Å². The summed E-state index contributed by atoms with van der Waals surface area (Å²) in [6.07, 6.45) is 5.71. The minimum atomic E-state index is -0.381. The van der Waals surface area contributed by atoms with Crippen LogP contribution >= 0.6 is 0 Å². The Labute approximate surface area is 82.9 Å². The monoisotopic (exact) mass is 190 g/mol. The number of hydrogen-bond donors (Lipinski definition) is 0. The molecule has 2 heteroatoms. The van der Waals surface area contributed by atoms with E-state index < -0.39 is 0 Å². The van der Waals surface area contributed by atoms with Crippen LogP contribution in [0.5, 0.6) is 0 Å². The van der Waals surface area contributed by atoms with Gasteiger partial charge in [-0.15, -0.1) is 12.3 Å². The molecule has 0 atom stereocenters. The first-order chi connectivity index (χ1) is 6.63. The Kier molecular flexibility index (Phi) is 3.41. The highest BCUT2D eigenvalue weighted by atomic mass is 19.1. The molecule has 0 radical (unpaired) electrons. The van der Waals surface area contributed by atoms with E-state index in [0.29, 0.717) is 12.0 Å². The molecule has 0 saturated carbocycles. The molecule has 0 spiro atoms. The Balaban J connectivity index is 2.85. The van der Waals surface area contributed by atoms with Gasteiger partial charge in [-0.05, 0) is 30.7 Å². The number of carbonyl (C=O) groups is 1. The number of Topliss-reactive ketones (excluding diaryl/α,β-unsaturated/α-hetero) is 1. The summed E-state index contributed by atoms with van der Waals surface area (Å²) in [6, 6.07) is 4.30. The van der Waals surface area contributed by atoms with Crippen LogP contribution in [-0.4, -0.2) is 5.78 Å². The summed E-state index contributed by atoms with van der Waals surface area (Å²) in [4.78, 5) is 11.4. The molecule has 0 heterocycles. The molecule has 1 aromatic carbocycles. The highest BCUT2D eigenvalue weighted by Gasteiger charge is 2.06. The van der Waals surface area contributed by atoms with Gasteiger partial charge in [-0.1, -0.05) is 0 Å². The molecule has 0 aliphatic rings. The third-order valence-corrected chi connectivity index (χ3v) is 1.86. The number of hydrogen-bond acceptors (Lipinski definition) is 1. The first-order valence-corrected chi connectivity index (χ1v) is 4.37. The van der Waals surface area contributed by atoms with Gasteiger partial charge in [0.15, 0.2) is 5.78 Å². The number of ketones is 1. The van der Waals surface area contributed by atoms with Crippen molar-refractivity contribution < 1.29 is 9.18 Å². The Bertz CT molecular complexity index is 368. The largest absolute Gasteiger partial charge is 0.294 e. The van der Waals surface area contributed by atoms with Crippen LogP contribution in [0.2, 0.25) is 0 Å². The third kappa shape index (κ3) is 2.70. The summed E-state index contributed by atoms with van der Waals surface area (Å²) >= 11 is 0. The third-order valence-electron chi connectivity index (χ3n) is 1.86. The zero-order chi connectivity index (χ0) is 10.6. The first-order valence-electron chi connectivity index (χ1n) is 4.37. The quantitative estimate of drug-likeness (QED) is 0.529. The predicted octanol–water partition coefficient (Wildman–Crippen LogP) is 2.73. The summed E-state index contributed by atoms with van der Waals surface area (Å²) in [5.41, 5.74) is 1.15. The lowest BCUT2D eigenvalue weighted by Gasteiger charge is -2.00. The van der Waals surface area contributed by atoms with Gasteiger partial charge in [0.25, 0.3) is 0 Å². The number of rotatable bonds is 3. The lowest BCUT2D eigenvalue weighted by Crippen LogP contribution is -1.99. The van der Waals surface area contributed by atoms with Crippen molar-refractivity contribution in [3.8, 4) is 12.3 Å². The minimum Gasteiger partial charge on any atom is -0.294 e. The average molecular weight is 190 g/mol. The van der Waals surface area contributed by atoms with Crippen LogP contribution in [0.4, 0.5) is 4.39 Å². The van der Waals surface area contributed by atoms with Crippen LogP contribution in [-0.2, 0) is 0 Å². The van der Waals surface area contributed by atoms with Gasteiger partial charge in [0, 0.05) is 18.4 Å². The van der Waals surface area contributed by atoms with E-state index in [-0.39, 0.29) is 18.0 Å². The van der Waals surface area contributed by atoms with Crippen molar-refractivity contribution in [2.75, 3.05) is 0 Å². The maximum Gasteiger partial charge on any atom is 0.163 e. The van der Waals surface area contributed by atoms with Crippen molar-refractivity contribution in [3.05, 3.63) is 35.1 Å². The van der Waals surface area contributed by atoms with Crippen LogP contribution in [0.1, 0.15) is 28.8 Å². The van der Waals surface area contributed by atoms with Crippen molar-refractivity contribution in [2.24, 2.45) is 0 Å². The van der Waals surface area contributed by atoms with Crippen LogP contribution in [0.3, 0.4) is 0 Å². The van der Waals surface area contributed by atoms with Crippen LogP contribution in [0, 0.1) is 25.1 Å². The Morgan fingerprint density at radius 2 is 2.21 bits per heavy atom. The van der Waals surface area contributed by atoms with Crippen molar-refractivity contribution in [3.63, 3.8) is 0 Å². The van der Waals surface area contributed by atoms with Gasteiger partial charge in [0.05, 0.1) is 0 Å². The molecule has 0 unspecified atom stereocenters. The molecule has 72 valence electrons. The van der Waals surface area contributed by atoms with Gasteiger partial charge in [0.1, 0.15) is 5.82 Å². The molecular formula is C12H11FO. The van der Waals surface area contributed by atoms with Gasteiger partial charge in [0.2, 0.25) is 0 Å². The predicted molar refractivity (Wildman–Crippen MR) is 53.5 cm³/mol. The molecule has 1 aromatic rings. The Hall–Kier alpha value is -1.62. The maximum atomic E-state index is 12.9. The molecule has 0 N–H and O–H groups in total. The second kappa shape index (κ2) is 4.57. The van der Waals surface area contributed by atoms with E-state index in [1.807, 2.05) is 0 Å². The van der Waals surface area contributed by atoms with Gasteiger partial charge >= 0.3 is 0 Å². The van der Waals surface area contributed by atoms with Crippen molar-refractivity contribution in [1.29, 1.82) is 0 Å². The normalized spacial score (nSPS) is 9.50. The highest BCUT2D eigenvalue weighted by molar-refractivity contribution is 5.96. The maximum absolute atomic E-state index is 12.9. The smallest absolute Gasteiger partial charge is 0.163 e. The lowest BCUT2D eigenvalue weighted by atomic mass is 10.0. The molecule has 0 aliphatic heterocycles. The van der Waals surface area contributed by atoms with Crippen molar-refractivity contribution >= 4 is 5.78 Å². The fourth-order valence-electron chi connectivity index (χ4n) is 1.23. The van der Waals surface area contributed by atoms with Gasteiger partial charge in [-0.25, -0.2) is 4.39 Å². The summed E-state index contributed by atoms with van der Waals surface area (Å²) < 4.78 is 12.9. The van der Waals surface area contributed by atoms with Gasteiger partial charge < -0.3 is 0 Å². The number of benzene rings is 1. The first kappa shape index (κ1) is 10.5. The lowest BCUT2D eigenvalue weighted by molar-refractivity contribution is 0.0984. The number of carbonyl (C=O) groups excluding carboxylic acids is 1. The molecule has 0 aromatic heterocycles. The molecule has 0 fully saturated rings. The van der Waals surface area contributed by atoms with Gasteiger partial charge in [-0.3, -0.25) is 4.79 Å². The Morgan fingerprint density at radius 3 is 2.79 bits per heavy atom. The second-order valence-electron chi connectivity index (χ2n) is 3.14. The fraction of sp³-hybridized carbons (Fsp3) is 0.250. The summed E-state index contributed by atoms with van der Waals surface area (Å²) in [5, 5.41) is 0. The van der Waals surface area contributed by atoms with E-state index in [1.54, 1.807) is 13.0 Å². The number of halogens is 1. The van der Waals surface area contributed by atoms with E-state index in [2.05, 4.69) is 5.92 Å². The topological polar surface area (TPSA) is 17.1 Å². The van der Waals surface area contributed by atoms with E-state index in [4.69, 9.17) is 6.42 Å². The molecule has 0 aliphatic carbocycles. The minimum absolute atomic E-state index is 0.106. The van der Waals surface area contributed by atoms with Crippen LogP contribution in [0.15, 0.2) is 18.2 Å². The number of aryl methyl sites for hydroxylation is 1. The van der Waals surface area contributed by atoms with E-state index >= 15 is 0 Å². The molecule has 1 rings (SSSR count). The van der Waals surface area contributed by atoms with Crippen LogP contribution < -0.4 is 0 Å². The second-order valence-corrected chi connectivity index (χ2v) is 3.14. The average Bonchev–Trinajstić information content (AvgIpc) is 2.12. The van der Waals surface area contributed by atoms with Gasteiger partial charge in [-0.2, -0.15) is 0 Å². The Morgan fingerprint density at radius 1 is 1.50 bits per heavy atom. The standard InChI is InChI=1S/C12H11FO/c1-3-4-5-12(14)10-6-9(2)7-11(13)8-10/h1,6-8H,4-5H2,2H3. The summed E-state index contributed by atoms with van der Waals surface area (Å²) in [5.74, 6) is 1.90. The zero-order valence-corrected chi connectivity index (χ0v) is 8.01.